The molecule has 0 bridgehead atoms. The lowest BCUT2D eigenvalue weighted by Gasteiger charge is -2.36. The summed E-state index contributed by atoms with van der Waals surface area (Å²) in [6.45, 7) is 11.8. The Morgan fingerprint density at radius 1 is 0.261 bits per heavy atom. The minimum absolute atomic E-state index is 0.0117. The van der Waals surface area contributed by atoms with E-state index in [0.717, 1.165) is 27.8 Å². The van der Waals surface area contributed by atoms with Gasteiger partial charge in [-0.05, 0) is 191 Å². The number of aryl methyl sites for hydroxylation is 3. The highest BCUT2D eigenvalue weighted by Gasteiger charge is 2.38. The Bertz CT molecular complexity index is 4090. The van der Waals surface area contributed by atoms with Crippen LogP contribution in [0.4, 0.5) is 0 Å². The molecular weight excluding hydrogens is 1160 g/mol. The van der Waals surface area contributed by atoms with Gasteiger partial charge in [-0.2, -0.15) is 0 Å². The van der Waals surface area contributed by atoms with E-state index in [2.05, 4.69) is 45.0 Å². The van der Waals surface area contributed by atoms with Crippen molar-refractivity contribution in [3.63, 3.8) is 0 Å². The first kappa shape index (κ1) is 64.2. The second-order valence-corrected chi connectivity index (χ2v) is 23.9. The van der Waals surface area contributed by atoms with E-state index in [0.29, 0.717) is 66.8 Å². The van der Waals surface area contributed by atoms with Crippen molar-refractivity contribution in [2.75, 3.05) is 42.7 Å². The van der Waals surface area contributed by atoms with Gasteiger partial charge in [-0.25, -0.2) is 0 Å². The Morgan fingerprint density at radius 2 is 0.478 bits per heavy atom. The van der Waals surface area contributed by atoms with E-state index in [1.54, 1.807) is 84.9 Å². The van der Waals surface area contributed by atoms with Crippen molar-refractivity contribution in [2.24, 2.45) is 0 Å². The molecule has 0 radical (unpaired) electrons. The van der Waals surface area contributed by atoms with Gasteiger partial charge >= 0.3 is 0 Å². The largest absolute Gasteiger partial charge is 0.507 e. The van der Waals surface area contributed by atoms with Crippen molar-refractivity contribution in [3.05, 3.63) is 264 Å². The number of benzene rings is 10. The van der Waals surface area contributed by atoms with E-state index in [1.807, 2.05) is 57.2 Å². The molecule has 10 aromatic rings. The first-order chi connectivity index (χ1) is 43.9. The zero-order chi connectivity index (χ0) is 66.2. The summed E-state index contributed by atoms with van der Waals surface area (Å²) in [5.74, 6) is -1.31. The van der Waals surface area contributed by atoms with Crippen LogP contribution in [0.15, 0.2) is 170 Å². The normalized spacial score (nSPS) is 11.7. The standard InChI is InChI=1S/C77H76O15/c1-41-29-52(38-55(73(41)84)70(44-13-23-58(78)64(32-44)87-7)45-14-24-59(79)65(33-45)88-8)76(4,5)50-19-21-51(22-20-50)77(6,53-30-42(2)74(85)56(39-53)71(46-15-25-60(80)66(34-46)89-9)47-16-26-61(81)67(35-47)90-10)54-31-43(3)75(86)57(40-54)72(48-17-27-62(82)68(36-48)91-11)49-18-28-63(83)69(37-49)92-12/h13-40,70-72,78-86H,1-12H3. The Balaban J connectivity index is 1.22. The molecule has 92 heavy (non-hydrogen) atoms. The van der Waals surface area contributed by atoms with Crippen molar-refractivity contribution >= 4 is 0 Å². The molecule has 0 aromatic heterocycles. The third-order valence-electron chi connectivity index (χ3n) is 18.2. The van der Waals surface area contributed by atoms with E-state index >= 15 is 0 Å². The van der Waals surface area contributed by atoms with Crippen LogP contribution in [0.5, 0.6) is 86.2 Å². The summed E-state index contributed by atoms with van der Waals surface area (Å²) in [6, 6.07) is 50.1. The van der Waals surface area contributed by atoms with Gasteiger partial charge in [-0.15, -0.1) is 0 Å². The summed E-state index contributed by atoms with van der Waals surface area (Å²) in [7, 11) is 8.77. The highest BCUT2D eigenvalue weighted by atomic mass is 16.5. The van der Waals surface area contributed by atoms with Crippen LogP contribution in [0.2, 0.25) is 0 Å². The molecule has 0 atom stereocenters. The van der Waals surface area contributed by atoms with Crippen LogP contribution in [0.1, 0.15) is 133 Å². The molecule has 15 nitrogen and oxygen atoms in total. The van der Waals surface area contributed by atoms with Crippen molar-refractivity contribution in [2.45, 2.75) is 70.1 Å². The minimum Gasteiger partial charge on any atom is -0.507 e. The van der Waals surface area contributed by atoms with Crippen molar-refractivity contribution < 1.29 is 74.4 Å². The SMILES string of the molecule is COc1cc(C(c2ccc(O)c(OC)c2)c2cc(C(C)(C)c3ccc(C(C)(c4cc(C)c(O)c(C(c5ccc(O)c(OC)c5)c5ccc(O)c(OC)c5)c4)c4cc(C)c(O)c(C(c5ccc(O)c(OC)c5)c5ccc(O)c(OC)c5)c4)cc3)cc(C)c2O)ccc1O. The van der Waals surface area contributed by atoms with Gasteiger partial charge in [0.1, 0.15) is 17.2 Å². The number of methoxy groups -OCH3 is 6. The molecule has 0 aliphatic carbocycles. The topological polar surface area (TPSA) is 237 Å². The average molecular weight is 1240 g/mol. The van der Waals surface area contributed by atoms with Gasteiger partial charge in [0.25, 0.3) is 0 Å². The molecule has 0 saturated carbocycles. The fourth-order valence-corrected chi connectivity index (χ4v) is 12.8. The van der Waals surface area contributed by atoms with Gasteiger partial charge < -0.3 is 74.4 Å². The second-order valence-electron chi connectivity index (χ2n) is 23.9. The molecule has 474 valence electrons. The lowest BCUT2D eigenvalue weighted by atomic mass is 9.67. The van der Waals surface area contributed by atoms with Crippen molar-refractivity contribution in [3.8, 4) is 86.2 Å². The van der Waals surface area contributed by atoms with E-state index in [-0.39, 0.29) is 86.2 Å². The maximum atomic E-state index is 12.6. The number of phenolic OH excluding ortho intramolecular Hbond substituents is 9. The highest BCUT2D eigenvalue weighted by Crippen LogP contribution is 2.52. The quantitative estimate of drug-likeness (QED) is 0.0323. The van der Waals surface area contributed by atoms with Gasteiger partial charge in [-0.1, -0.05) is 98.8 Å². The maximum absolute atomic E-state index is 12.6. The zero-order valence-corrected chi connectivity index (χ0v) is 53.4. The minimum atomic E-state index is -1.16. The molecule has 10 aromatic carbocycles. The fraction of sp³-hybridized carbons (Fsp3) is 0.221. The third kappa shape index (κ3) is 11.7. The summed E-state index contributed by atoms with van der Waals surface area (Å²) >= 11 is 0. The number of aromatic hydroxyl groups is 9. The summed E-state index contributed by atoms with van der Waals surface area (Å²) in [6.07, 6.45) is 0. The summed E-state index contributed by atoms with van der Waals surface area (Å²) < 4.78 is 33.8. The molecule has 0 heterocycles. The molecule has 0 saturated heterocycles. The number of ether oxygens (including phenoxy) is 6. The third-order valence-corrected chi connectivity index (χ3v) is 18.2. The number of rotatable bonds is 20. The number of hydrogen-bond acceptors (Lipinski definition) is 15. The predicted molar refractivity (Wildman–Crippen MR) is 353 cm³/mol. The zero-order valence-electron chi connectivity index (χ0n) is 53.4. The van der Waals surface area contributed by atoms with E-state index in [9.17, 15) is 46.0 Å². The molecule has 0 fully saturated rings. The van der Waals surface area contributed by atoms with E-state index in [1.165, 1.54) is 66.9 Å². The molecule has 0 spiro atoms. The predicted octanol–water partition coefficient (Wildman–Crippen LogP) is 15.2. The Hall–Kier alpha value is -10.8. The van der Waals surface area contributed by atoms with Crippen molar-refractivity contribution in [1.29, 1.82) is 0 Å². The molecule has 9 N–H and O–H groups in total. The first-order valence-electron chi connectivity index (χ1n) is 29.7. The monoisotopic (exact) mass is 1240 g/mol. The van der Waals surface area contributed by atoms with Crippen molar-refractivity contribution in [1.82, 2.24) is 0 Å². The van der Waals surface area contributed by atoms with E-state index in [4.69, 9.17) is 28.4 Å². The Morgan fingerprint density at radius 3 is 0.717 bits per heavy atom. The number of phenols is 9. The molecular formula is C77H76O15. The summed E-state index contributed by atoms with van der Waals surface area (Å²) in [5.41, 5.74) is 9.19. The smallest absolute Gasteiger partial charge is 0.160 e. The maximum Gasteiger partial charge on any atom is 0.160 e. The Labute approximate surface area is 535 Å². The van der Waals surface area contributed by atoms with E-state index < -0.39 is 28.6 Å². The lowest BCUT2D eigenvalue weighted by molar-refractivity contribution is 0.372. The van der Waals surface area contributed by atoms with Crippen LogP contribution in [-0.4, -0.2) is 88.6 Å². The molecule has 10 rings (SSSR count). The highest BCUT2D eigenvalue weighted by molar-refractivity contribution is 5.66. The molecule has 0 aliphatic rings. The van der Waals surface area contributed by atoms with Crippen LogP contribution < -0.4 is 28.4 Å². The molecule has 0 aliphatic heterocycles. The van der Waals surface area contributed by atoms with Crippen LogP contribution >= 0.6 is 0 Å². The second kappa shape index (κ2) is 25.6. The van der Waals surface area contributed by atoms with Gasteiger partial charge in [-0.3, -0.25) is 0 Å². The fourth-order valence-electron chi connectivity index (χ4n) is 12.8. The summed E-state index contributed by atoms with van der Waals surface area (Å²) in [4.78, 5) is 0. The lowest BCUT2D eigenvalue weighted by Crippen LogP contribution is -2.27. The van der Waals surface area contributed by atoms with Crippen LogP contribution in [0.3, 0.4) is 0 Å². The van der Waals surface area contributed by atoms with Gasteiger partial charge in [0, 0.05) is 45.3 Å². The summed E-state index contributed by atoms with van der Waals surface area (Å²) in [5, 5.41) is 102. The Kier molecular flexibility index (Phi) is 17.9. The van der Waals surface area contributed by atoms with Crippen LogP contribution in [0.25, 0.3) is 0 Å². The van der Waals surface area contributed by atoms with Gasteiger partial charge in [0.05, 0.1) is 42.7 Å². The molecule has 15 heteroatoms. The first-order valence-corrected chi connectivity index (χ1v) is 29.7. The number of hydrogen-bond donors (Lipinski definition) is 9. The molecule has 0 unspecified atom stereocenters. The molecule has 0 amide bonds. The average Bonchev–Trinajstić information content (AvgIpc) is 0.746. The van der Waals surface area contributed by atoms with Crippen LogP contribution in [-0.2, 0) is 10.8 Å². The van der Waals surface area contributed by atoms with Gasteiger partial charge in [0.2, 0.25) is 0 Å². The van der Waals surface area contributed by atoms with Crippen LogP contribution in [0, 0.1) is 20.8 Å². The van der Waals surface area contributed by atoms with Gasteiger partial charge in [0.15, 0.2) is 69.0 Å².